The largest absolute Gasteiger partial charge is 0.508 e. The number of aromatic hydroxyl groups is 1. The van der Waals surface area contributed by atoms with E-state index in [1.165, 1.54) is 31.2 Å². The van der Waals surface area contributed by atoms with Crippen molar-refractivity contribution < 1.29 is 44.4 Å². The molecular formula is C24H37N7O9. The number of guanidine groups is 1. The van der Waals surface area contributed by atoms with Crippen LogP contribution in [0.1, 0.15) is 38.2 Å². The summed E-state index contributed by atoms with van der Waals surface area (Å²) in [7, 11) is 0. The first kappa shape index (κ1) is 33.6. The molecule has 0 saturated heterocycles. The summed E-state index contributed by atoms with van der Waals surface area (Å²) in [6, 6.07) is 0.146. The first-order valence-electron chi connectivity index (χ1n) is 12.3. The van der Waals surface area contributed by atoms with E-state index in [1.54, 1.807) is 0 Å². The van der Waals surface area contributed by atoms with E-state index in [-0.39, 0.29) is 37.5 Å². The Labute approximate surface area is 230 Å². The zero-order valence-corrected chi connectivity index (χ0v) is 21.9. The minimum Gasteiger partial charge on any atom is -0.508 e. The summed E-state index contributed by atoms with van der Waals surface area (Å²) in [5, 5.41) is 44.7. The van der Waals surface area contributed by atoms with Gasteiger partial charge in [0.05, 0.1) is 6.10 Å². The highest BCUT2D eigenvalue weighted by atomic mass is 16.4. The third kappa shape index (κ3) is 12.4. The number of phenols is 1. The number of nitrogens with two attached hydrogens (primary N) is 3. The van der Waals surface area contributed by atoms with Crippen molar-refractivity contribution in [1.82, 2.24) is 16.0 Å². The molecule has 1 rings (SSSR count). The van der Waals surface area contributed by atoms with Crippen LogP contribution >= 0.6 is 0 Å². The topological polar surface area (TPSA) is 293 Å². The van der Waals surface area contributed by atoms with Gasteiger partial charge in [0.1, 0.15) is 29.9 Å². The lowest BCUT2D eigenvalue weighted by molar-refractivity contribution is -0.143. The van der Waals surface area contributed by atoms with Crippen molar-refractivity contribution in [2.45, 2.75) is 69.3 Å². The van der Waals surface area contributed by atoms with E-state index in [1.807, 2.05) is 0 Å². The van der Waals surface area contributed by atoms with Gasteiger partial charge in [-0.2, -0.15) is 0 Å². The molecule has 1 aromatic carbocycles. The fraction of sp³-hybridized carbons (Fsp3) is 0.500. The number of amides is 3. The maximum atomic E-state index is 13.3. The van der Waals surface area contributed by atoms with Crippen molar-refractivity contribution in [3.05, 3.63) is 29.8 Å². The molecule has 0 spiro atoms. The lowest BCUT2D eigenvalue weighted by atomic mass is 10.0. The van der Waals surface area contributed by atoms with Gasteiger partial charge in [0.25, 0.3) is 0 Å². The van der Waals surface area contributed by atoms with E-state index in [9.17, 15) is 39.3 Å². The molecule has 0 aliphatic heterocycles. The molecule has 0 aliphatic rings. The van der Waals surface area contributed by atoms with Crippen LogP contribution in [0, 0.1) is 0 Å². The molecular weight excluding hydrogens is 530 g/mol. The highest BCUT2D eigenvalue weighted by molar-refractivity contribution is 5.94. The second-order valence-corrected chi connectivity index (χ2v) is 9.04. The predicted octanol–water partition coefficient (Wildman–Crippen LogP) is -2.90. The zero-order valence-electron chi connectivity index (χ0n) is 21.9. The van der Waals surface area contributed by atoms with Crippen molar-refractivity contribution >= 4 is 35.6 Å². The molecule has 5 atom stereocenters. The van der Waals surface area contributed by atoms with Crippen LogP contribution in [-0.2, 0) is 30.4 Å². The van der Waals surface area contributed by atoms with Crippen molar-refractivity contribution in [2.75, 3.05) is 6.54 Å². The van der Waals surface area contributed by atoms with Gasteiger partial charge in [0.15, 0.2) is 5.96 Å². The second kappa shape index (κ2) is 16.5. The molecule has 16 heteroatoms. The molecule has 13 N–H and O–H groups in total. The van der Waals surface area contributed by atoms with Crippen molar-refractivity contribution in [3.63, 3.8) is 0 Å². The normalized spacial score (nSPS) is 14.5. The molecule has 0 heterocycles. The predicted molar refractivity (Wildman–Crippen MR) is 142 cm³/mol. The highest BCUT2D eigenvalue weighted by Crippen LogP contribution is 2.12. The summed E-state index contributed by atoms with van der Waals surface area (Å²) in [5.41, 5.74) is 16.8. The Hall–Kier alpha value is -4.44. The van der Waals surface area contributed by atoms with Gasteiger partial charge in [-0.15, -0.1) is 0 Å². The van der Waals surface area contributed by atoms with Crippen LogP contribution in [0.2, 0.25) is 0 Å². The van der Waals surface area contributed by atoms with Crippen LogP contribution in [0.4, 0.5) is 0 Å². The van der Waals surface area contributed by atoms with E-state index < -0.39 is 72.8 Å². The number of carboxylic acids is 2. The van der Waals surface area contributed by atoms with Crippen LogP contribution < -0.4 is 33.2 Å². The van der Waals surface area contributed by atoms with Gasteiger partial charge in [-0.05, 0) is 43.9 Å². The van der Waals surface area contributed by atoms with Gasteiger partial charge in [-0.3, -0.25) is 24.2 Å². The molecule has 40 heavy (non-hydrogen) atoms. The lowest BCUT2D eigenvalue weighted by Gasteiger charge is -2.25. The number of carboxylic acid groups (broad SMARTS) is 2. The Morgan fingerprint density at radius 1 is 0.875 bits per heavy atom. The SMILES string of the molecule is CC(O)C(N)C(=O)NC(CCCN=C(N)N)C(=O)NC(Cc1ccc(O)cc1)C(=O)NC(CCC(=O)O)C(=O)O. The van der Waals surface area contributed by atoms with E-state index in [4.69, 9.17) is 22.3 Å². The Balaban J connectivity index is 3.20. The van der Waals surface area contributed by atoms with Crippen LogP contribution in [0.15, 0.2) is 29.3 Å². The van der Waals surface area contributed by atoms with Gasteiger partial charge in [-0.1, -0.05) is 12.1 Å². The number of nitrogens with one attached hydrogen (secondary N) is 3. The summed E-state index contributed by atoms with van der Waals surface area (Å²) in [6.07, 6.45) is -2.07. The maximum absolute atomic E-state index is 13.3. The third-order valence-electron chi connectivity index (χ3n) is 5.67. The molecule has 3 amide bonds. The molecule has 222 valence electrons. The Kier molecular flexibility index (Phi) is 13.9. The maximum Gasteiger partial charge on any atom is 0.326 e. The smallest absolute Gasteiger partial charge is 0.326 e. The first-order chi connectivity index (χ1) is 18.7. The molecule has 16 nitrogen and oxygen atoms in total. The monoisotopic (exact) mass is 567 g/mol. The number of phenolic OH excluding ortho intramolecular Hbond substituents is 1. The van der Waals surface area contributed by atoms with E-state index in [0.29, 0.717) is 5.56 Å². The van der Waals surface area contributed by atoms with E-state index in [2.05, 4.69) is 20.9 Å². The fourth-order valence-corrected chi connectivity index (χ4v) is 3.41. The number of hydrogen-bond acceptors (Lipinski definition) is 9. The summed E-state index contributed by atoms with van der Waals surface area (Å²) >= 11 is 0. The average molecular weight is 568 g/mol. The van der Waals surface area contributed by atoms with Crippen molar-refractivity contribution in [3.8, 4) is 5.75 Å². The molecule has 0 fully saturated rings. The number of aliphatic hydroxyl groups is 1. The number of nitrogens with zero attached hydrogens (tertiary/aromatic N) is 1. The van der Waals surface area contributed by atoms with Gasteiger partial charge in [-0.25, -0.2) is 4.79 Å². The summed E-state index contributed by atoms with van der Waals surface area (Å²) in [4.78, 5) is 65.2. The van der Waals surface area contributed by atoms with Crippen LogP contribution in [0.25, 0.3) is 0 Å². The quantitative estimate of drug-likeness (QED) is 0.0515. The second-order valence-electron chi connectivity index (χ2n) is 9.04. The number of aliphatic carboxylic acids is 2. The number of carbonyl (C=O) groups excluding carboxylic acids is 3. The molecule has 0 aromatic heterocycles. The molecule has 0 saturated carbocycles. The Morgan fingerprint density at radius 2 is 1.43 bits per heavy atom. The van der Waals surface area contributed by atoms with Gasteiger partial charge in [0.2, 0.25) is 17.7 Å². The Bertz CT molecular complexity index is 1060. The minimum absolute atomic E-state index is 0.00476. The van der Waals surface area contributed by atoms with E-state index >= 15 is 0 Å². The average Bonchev–Trinajstić information content (AvgIpc) is 2.87. The molecule has 0 radical (unpaired) electrons. The number of aliphatic hydroxyl groups excluding tert-OH is 1. The number of aliphatic imine (C=N–C) groups is 1. The number of hydrogen-bond donors (Lipinski definition) is 10. The van der Waals surface area contributed by atoms with Crippen LogP contribution in [0.5, 0.6) is 5.75 Å². The molecule has 1 aromatic rings. The number of carbonyl (C=O) groups is 5. The molecule has 0 aliphatic carbocycles. The van der Waals surface area contributed by atoms with Gasteiger partial charge < -0.3 is 53.6 Å². The standard InChI is InChI=1S/C24H37N7O9/c1-12(32)19(25)22(38)29-15(3-2-10-28-24(26)27)20(36)31-17(11-13-4-6-14(33)7-5-13)21(37)30-16(23(39)40)8-9-18(34)35/h4-7,12,15-17,19,32-33H,2-3,8-11,25H2,1H3,(H,29,38)(H,30,37)(H,31,36)(H,34,35)(H,39,40)(H4,26,27,28). The summed E-state index contributed by atoms with van der Waals surface area (Å²) in [5.74, 6) is -5.55. The van der Waals surface area contributed by atoms with E-state index in [0.717, 1.165) is 0 Å². The zero-order chi connectivity index (χ0) is 30.4. The van der Waals surface area contributed by atoms with Crippen molar-refractivity contribution in [2.24, 2.45) is 22.2 Å². The number of rotatable bonds is 17. The number of benzene rings is 1. The first-order valence-corrected chi connectivity index (χ1v) is 12.3. The molecule has 5 unspecified atom stereocenters. The fourth-order valence-electron chi connectivity index (χ4n) is 3.41. The van der Waals surface area contributed by atoms with Crippen LogP contribution in [0.3, 0.4) is 0 Å². The van der Waals surface area contributed by atoms with Crippen molar-refractivity contribution in [1.29, 1.82) is 0 Å². The highest BCUT2D eigenvalue weighted by Gasteiger charge is 2.31. The lowest BCUT2D eigenvalue weighted by Crippen LogP contribution is -2.58. The van der Waals surface area contributed by atoms with Gasteiger partial charge >= 0.3 is 11.9 Å². The summed E-state index contributed by atoms with van der Waals surface area (Å²) < 4.78 is 0. The Morgan fingerprint density at radius 3 is 1.95 bits per heavy atom. The van der Waals surface area contributed by atoms with Crippen LogP contribution in [-0.4, -0.2) is 92.9 Å². The molecule has 0 bridgehead atoms. The third-order valence-corrected chi connectivity index (χ3v) is 5.67. The summed E-state index contributed by atoms with van der Waals surface area (Å²) in [6.45, 7) is 1.41. The minimum atomic E-state index is -1.55. The van der Waals surface area contributed by atoms with Gasteiger partial charge in [0, 0.05) is 19.4 Å².